The summed E-state index contributed by atoms with van der Waals surface area (Å²) in [5.41, 5.74) is 2.70. The van der Waals surface area contributed by atoms with Crippen molar-refractivity contribution in [1.82, 2.24) is 30.4 Å². The summed E-state index contributed by atoms with van der Waals surface area (Å²) in [6.45, 7) is 0. The molecule has 0 bridgehead atoms. The Kier molecular flexibility index (Phi) is 4.66. The molecule has 1 aliphatic rings. The van der Waals surface area contributed by atoms with Gasteiger partial charge in [0.05, 0.1) is 19.9 Å². The first-order valence-corrected chi connectivity index (χ1v) is 10.1. The van der Waals surface area contributed by atoms with E-state index in [1.165, 1.54) is 0 Å². The van der Waals surface area contributed by atoms with Gasteiger partial charge in [0.15, 0.2) is 0 Å². The van der Waals surface area contributed by atoms with Crippen LogP contribution in [0.25, 0.3) is 11.3 Å². The molecular weight excluding hydrogens is 466 g/mol. The maximum Gasteiger partial charge on any atom is 0.288 e. The number of nitrogens with zero attached hydrogens (tertiary/aromatic N) is 5. The number of tetrazole rings is 1. The van der Waals surface area contributed by atoms with Crippen LogP contribution in [-0.2, 0) is 0 Å². The van der Waals surface area contributed by atoms with E-state index in [9.17, 15) is 4.79 Å². The lowest BCUT2D eigenvalue weighted by Crippen LogP contribution is -2.29. The summed E-state index contributed by atoms with van der Waals surface area (Å²) in [5, 5.41) is 22.0. The fourth-order valence-electron chi connectivity index (χ4n) is 3.71. The smallest absolute Gasteiger partial charge is 0.288 e. The molecule has 2 N–H and O–H groups in total. The van der Waals surface area contributed by atoms with E-state index < -0.39 is 6.04 Å². The molecule has 0 fully saturated rings. The van der Waals surface area contributed by atoms with Gasteiger partial charge < -0.3 is 14.8 Å². The SMILES string of the molecule is COc1ccc(OC)c([C@H]2c3c(-c4ccc(Br)cc4)n[nH]c(=O)c3Nc3nnnn32)c1. The van der Waals surface area contributed by atoms with E-state index in [0.717, 1.165) is 15.6 Å². The lowest BCUT2D eigenvalue weighted by Gasteiger charge is -2.28. The number of benzene rings is 2. The number of aromatic amines is 1. The summed E-state index contributed by atoms with van der Waals surface area (Å²) >= 11 is 3.45. The van der Waals surface area contributed by atoms with Crippen molar-refractivity contribution in [2.75, 3.05) is 19.5 Å². The molecule has 31 heavy (non-hydrogen) atoms. The summed E-state index contributed by atoms with van der Waals surface area (Å²) in [5.74, 6) is 1.57. The van der Waals surface area contributed by atoms with E-state index in [0.29, 0.717) is 34.4 Å². The Hall–Kier alpha value is -3.73. The average Bonchev–Trinajstić information content (AvgIpc) is 3.27. The van der Waals surface area contributed by atoms with E-state index in [1.807, 2.05) is 30.3 Å². The highest BCUT2D eigenvalue weighted by molar-refractivity contribution is 9.10. The van der Waals surface area contributed by atoms with Crippen LogP contribution in [0, 0.1) is 0 Å². The largest absolute Gasteiger partial charge is 0.497 e. The molecule has 11 heteroatoms. The number of rotatable bonds is 4. The minimum Gasteiger partial charge on any atom is -0.497 e. The molecule has 0 unspecified atom stereocenters. The van der Waals surface area contributed by atoms with Crippen LogP contribution in [0.3, 0.4) is 0 Å². The molecule has 2 aromatic carbocycles. The highest BCUT2D eigenvalue weighted by atomic mass is 79.9. The predicted molar refractivity (Wildman–Crippen MR) is 116 cm³/mol. The number of ether oxygens (including phenoxy) is 2. The van der Waals surface area contributed by atoms with Crippen LogP contribution in [0.5, 0.6) is 11.5 Å². The number of nitrogens with one attached hydrogen (secondary N) is 2. The number of halogens is 1. The van der Waals surface area contributed by atoms with Crippen molar-refractivity contribution in [3.05, 3.63) is 68.4 Å². The molecule has 3 heterocycles. The van der Waals surface area contributed by atoms with Crippen molar-refractivity contribution in [3.8, 4) is 22.8 Å². The van der Waals surface area contributed by atoms with Crippen molar-refractivity contribution in [1.29, 1.82) is 0 Å². The molecule has 0 saturated carbocycles. The van der Waals surface area contributed by atoms with Crippen LogP contribution in [-0.4, -0.2) is 44.6 Å². The first-order valence-electron chi connectivity index (χ1n) is 9.26. The van der Waals surface area contributed by atoms with Gasteiger partial charge in [0, 0.05) is 21.2 Å². The molecule has 1 aliphatic heterocycles. The number of aromatic nitrogens is 6. The molecule has 2 aromatic heterocycles. The normalized spacial score (nSPS) is 14.4. The number of methoxy groups -OCH3 is 2. The average molecular weight is 482 g/mol. The Morgan fingerprint density at radius 1 is 1.10 bits per heavy atom. The summed E-state index contributed by atoms with van der Waals surface area (Å²) in [6.07, 6.45) is 0. The Labute approximate surface area is 184 Å². The van der Waals surface area contributed by atoms with Gasteiger partial charge in [-0.05, 0) is 40.8 Å². The fraction of sp³-hybridized carbons (Fsp3) is 0.150. The van der Waals surface area contributed by atoms with Gasteiger partial charge in [0.25, 0.3) is 5.56 Å². The quantitative estimate of drug-likeness (QED) is 0.402. The molecule has 1 atom stereocenters. The van der Waals surface area contributed by atoms with Crippen LogP contribution in [0.1, 0.15) is 17.2 Å². The second-order valence-electron chi connectivity index (χ2n) is 6.78. The van der Waals surface area contributed by atoms with Crippen LogP contribution in [0.15, 0.2) is 51.7 Å². The van der Waals surface area contributed by atoms with E-state index >= 15 is 0 Å². The maximum atomic E-state index is 12.8. The third kappa shape index (κ3) is 3.13. The van der Waals surface area contributed by atoms with Gasteiger partial charge in [-0.3, -0.25) is 4.79 Å². The minimum absolute atomic E-state index is 0.324. The summed E-state index contributed by atoms with van der Waals surface area (Å²) in [6, 6.07) is 12.5. The minimum atomic E-state index is -0.584. The Morgan fingerprint density at radius 3 is 2.65 bits per heavy atom. The molecule has 5 rings (SSSR count). The van der Waals surface area contributed by atoms with Gasteiger partial charge >= 0.3 is 0 Å². The summed E-state index contributed by atoms with van der Waals surface area (Å²) < 4.78 is 13.6. The summed E-state index contributed by atoms with van der Waals surface area (Å²) in [7, 11) is 3.17. The monoisotopic (exact) mass is 481 g/mol. The topological polar surface area (TPSA) is 120 Å². The zero-order valence-corrected chi connectivity index (χ0v) is 18.0. The van der Waals surface area contributed by atoms with Gasteiger partial charge in [-0.15, -0.1) is 0 Å². The second-order valence-corrected chi connectivity index (χ2v) is 7.70. The van der Waals surface area contributed by atoms with E-state index in [1.54, 1.807) is 31.0 Å². The van der Waals surface area contributed by atoms with Crippen LogP contribution in [0.2, 0.25) is 0 Å². The molecule has 156 valence electrons. The predicted octanol–water partition coefficient (Wildman–Crippen LogP) is 2.90. The number of H-pyrrole nitrogens is 1. The molecule has 0 radical (unpaired) electrons. The van der Waals surface area contributed by atoms with Crippen LogP contribution in [0.4, 0.5) is 11.6 Å². The van der Waals surface area contributed by atoms with Crippen LogP contribution >= 0.6 is 15.9 Å². The lowest BCUT2D eigenvalue weighted by atomic mass is 9.92. The number of anilines is 2. The Morgan fingerprint density at radius 2 is 1.90 bits per heavy atom. The lowest BCUT2D eigenvalue weighted by molar-refractivity contribution is 0.392. The van der Waals surface area contributed by atoms with Crippen molar-refractivity contribution < 1.29 is 9.47 Å². The molecule has 0 saturated heterocycles. The fourth-order valence-corrected chi connectivity index (χ4v) is 3.97. The van der Waals surface area contributed by atoms with Gasteiger partial charge in [0.2, 0.25) is 5.95 Å². The third-order valence-electron chi connectivity index (χ3n) is 5.12. The first kappa shape index (κ1) is 19.2. The standard InChI is InChI=1S/C20H16BrN7O3/c1-30-12-7-8-14(31-2)13(9-12)18-15-16(10-3-5-11(21)6-4-10)23-24-19(29)17(15)22-20-25-26-27-28(18)20/h3-9,18H,1-2H3,(H,24,29)(H,22,25,27)/t18-/m0/s1. The molecule has 0 aliphatic carbocycles. The molecule has 10 nitrogen and oxygen atoms in total. The Bertz CT molecular complexity index is 1330. The van der Waals surface area contributed by atoms with Crippen molar-refractivity contribution in [3.63, 3.8) is 0 Å². The molecular formula is C20H16BrN7O3. The van der Waals surface area contributed by atoms with Crippen molar-refractivity contribution >= 4 is 27.6 Å². The van der Waals surface area contributed by atoms with Gasteiger partial charge in [-0.25, -0.2) is 5.10 Å². The molecule has 0 spiro atoms. The van der Waals surface area contributed by atoms with Crippen LogP contribution < -0.4 is 20.3 Å². The van der Waals surface area contributed by atoms with E-state index in [2.05, 4.69) is 47.0 Å². The second kappa shape index (κ2) is 7.51. The van der Waals surface area contributed by atoms with Crippen molar-refractivity contribution in [2.45, 2.75) is 6.04 Å². The van der Waals surface area contributed by atoms with E-state index in [4.69, 9.17) is 9.47 Å². The summed E-state index contributed by atoms with van der Waals surface area (Å²) in [4.78, 5) is 12.8. The van der Waals surface area contributed by atoms with Gasteiger partial charge in [0.1, 0.15) is 23.2 Å². The highest BCUT2D eigenvalue weighted by Gasteiger charge is 2.36. The molecule has 0 amide bonds. The third-order valence-corrected chi connectivity index (χ3v) is 5.65. The molecule has 4 aromatic rings. The Balaban J connectivity index is 1.84. The van der Waals surface area contributed by atoms with Gasteiger partial charge in [-0.1, -0.05) is 33.2 Å². The number of hydrogen-bond donors (Lipinski definition) is 2. The van der Waals surface area contributed by atoms with Gasteiger partial charge in [-0.2, -0.15) is 9.78 Å². The highest BCUT2D eigenvalue weighted by Crippen LogP contribution is 2.44. The zero-order valence-electron chi connectivity index (χ0n) is 16.5. The maximum absolute atomic E-state index is 12.8. The zero-order chi connectivity index (χ0) is 21.5. The van der Waals surface area contributed by atoms with Crippen molar-refractivity contribution in [2.24, 2.45) is 0 Å². The first-order chi connectivity index (χ1) is 15.1. The number of fused-ring (bicyclic) bond motifs is 2. The van der Waals surface area contributed by atoms with E-state index in [-0.39, 0.29) is 5.56 Å². The number of hydrogen-bond acceptors (Lipinski definition) is 8.